The third-order valence-corrected chi connectivity index (χ3v) is 2.92. The van der Waals surface area contributed by atoms with Crippen LogP contribution in [0, 0.1) is 0 Å². The molecule has 0 bridgehead atoms. The molecule has 0 aromatic carbocycles. The van der Waals surface area contributed by atoms with E-state index < -0.39 is 42.7 Å². The van der Waals surface area contributed by atoms with Gasteiger partial charge in [0.15, 0.2) is 12.0 Å². The Morgan fingerprint density at radius 2 is 2.19 bits per heavy atom. The third kappa shape index (κ3) is 3.16. The van der Waals surface area contributed by atoms with E-state index in [9.17, 15) is 19.8 Å². The van der Waals surface area contributed by atoms with Crippen LogP contribution in [-0.4, -0.2) is 67.5 Å². The number of hydrogen-bond acceptors (Lipinski definition) is 9. The van der Waals surface area contributed by atoms with Gasteiger partial charge in [-0.05, 0) is 0 Å². The van der Waals surface area contributed by atoms with Crippen molar-refractivity contribution in [2.45, 2.75) is 24.5 Å². The zero-order valence-corrected chi connectivity index (χ0v) is 10.8. The van der Waals surface area contributed by atoms with E-state index in [2.05, 4.69) is 15.4 Å². The van der Waals surface area contributed by atoms with Gasteiger partial charge in [0.25, 0.3) is 0 Å². The lowest BCUT2D eigenvalue weighted by molar-refractivity contribution is -0.116. The monoisotopic (exact) mass is 301 g/mol. The Bertz CT molecular complexity index is 577. The van der Waals surface area contributed by atoms with Crippen LogP contribution in [0.5, 0.6) is 0 Å². The molecule has 1 amide bonds. The molecule has 1 saturated heterocycles. The summed E-state index contributed by atoms with van der Waals surface area (Å²) >= 11 is 0. The molecule has 0 spiro atoms. The minimum atomic E-state index is -1.43. The van der Waals surface area contributed by atoms with Gasteiger partial charge >= 0.3 is 5.69 Å². The van der Waals surface area contributed by atoms with Crippen LogP contribution in [0.3, 0.4) is 0 Å². The van der Waals surface area contributed by atoms with Crippen LogP contribution in [0.1, 0.15) is 6.23 Å². The lowest BCUT2D eigenvalue weighted by atomic mass is 10.1. The fourth-order valence-electron chi connectivity index (χ4n) is 1.87. The van der Waals surface area contributed by atoms with Gasteiger partial charge in [0.1, 0.15) is 18.3 Å². The van der Waals surface area contributed by atoms with Crippen molar-refractivity contribution in [3.05, 3.63) is 16.7 Å². The summed E-state index contributed by atoms with van der Waals surface area (Å²) < 4.78 is 5.89. The zero-order valence-electron chi connectivity index (χ0n) is 10.8. The average molecular weight is 301 g/mol. The highest BCUT2D eigenvalue weighted by atomic mass is 16.6. The quantitative estimate of drug-likeness (QED) is 0.365. The molecule has 4 atom stereocenters. The Hall–Kier alpha value is -2.08. The number of nitrogens with zero attached hydrogens (tertiary/aromatic N) is 3. The van der Waals surface area contributed by atoms with Gasteiger partial charge in [0.05, 0.1) is 19.3 Å². The maximum atomic E-state index is 11.8. The Kier molecular flexibility index (Phi) is 4.47. The summed E-state index contributed by atoms with van der Waals surface area (Å²) in [5, 5.41) is 34.6. The smallest absolute Gasteiger partial charge is 0.368 e. The van der Waals surface area contributed by atoms with Crippen LogP contribution in [0.25, 0.3) is 0 Å². The van der Waals surface area contributed by atoms with Crippen LogP contribution < -0.4 is 16.7 Å². The summed E-state index contributed by atoms with van der Waals surface area (Å²) in [5.41, 5.74) is 4.07. The number of aliphatic hydroxyl groups is 3. The normalized spacial score (nSPS) is 28.5. The van der Waals surface area contributed by atoms with Gasteiger partial charge in [-0.1, -0.05) is 0 Å². The molecule has 116 valence electrons. The molecular formula is C10H15N5O6. The molecule has 21 heavy (non-hydrogen) atoms. The minimum Gasteiger partial charge on any atom is -0.394 e. The first kappa shape index (κ1) is 15.3. The van der Waals surface area contributed by atoms with Gasteiger partial charge in [-0.2, -0.15) is 14.8 Å². The number of primary amides is 1. The molecule has 2 rings (SSSR count). The van der Waals surface area contributed by atoms with E-state index in [0.29, 0.717) is 0 Å². The van der Waals surface area contributed by atoms with Crippen molar-refractivity contribution in [2.75, 3.05) is 18.5 Å². The summed E-state index contributed by atoms with van der Waals surface area (Å²) in [5.74, 6) is -0.605. The molecule has 1 aliphatic heterocycles. The van der Waals surface area contributed by atoms with Crippen LogP contribution in [0.4, 0.5) is 5.82 Å². The number of nitrogens with one attached hydrogen (secondary N) is 1. The highest BCUT2D eigenvalue weighted by molar-refractivity contribution is 5.78. The fraction of sp³-hybridized carbons (Fsp3) is 0.600. The maximum absolute atomic E-state index is 11.8. The molecule has 2 heterocycles. The van der Waals surface area contributed by atoms with E-state index in [-0.39, 0.29) is 12.4 Å². The molecule has 1 fully saturated rings. The Morgan fingerprint density at radius 3 is 2.71 bits per heavy atom. The first-order valence-electron chi connectivity index (χ1n) is 6.04. The predicted molar refractivity (Wildman–Crippen MR) is 67.0 cm³/mol. The second-order valence-electron chi connectivity index (χ2n) is 4.42. The summed E-state index contributed by atoms with van der Waals surface area (Å²) in [6.07, 6.45) is -3.92. The van der Waals surface area contributed by atoms with Crippen LogP contribution in [0.2, 0.25) is 0 Å². The third-order valence-electron chi connectivity index (χ3n) is 2.92. The summed E-state index contributed by atoms with van der Waals surface area (Å²) in [6.45, 7) is -0.735. The van der Waals surface area contributed by atoms with Crippen molar-refractivity contribution >= 4 is 11.7 Å². The summed E-state index contributed by atoms with van der Waals surface area (Å²) in [7, 11) is 0. The lowest BCUT2D eigenvalue weighted by Crippen LogP contribution is -2.37. The molecule has 11 nitrogen and oxygen atoms in total. The van der Waals surface area contributed by atoms with E-state index in [1.165, 1.54) is 0 Å². The highest BCUT2D eigenvalue weighted by Crippen LogP contribution is 2.27. The zero-order chi connectivity index (χ0) is 15.6. The van der Waals surface area contributed by atoms with E-state index in [4.69, 9.17) is 15.6 Å². The van der Waals surface area contributed by atoms with E-state index in [1.54, 1.807) is 0 Å². The number of aromatic nitrogens is 3. The van der Waals surface area contributed by atoms with Crippen LogP contribution in [0.15, 0.2) is 11.0 Å². The highest BCUT2D eigenvalue weighted by Gasteiger charge is 2.44. The maximum Gasteiger partial charge on any atom is 0.368 e. The van der Waals surface area contributed by atoms with E-state index >= 15 is 0 Å². The minimum absolute atomic E-state index is 0.0294. The predicted octanol–water partition coefficient (Wildman–Crippen LogP) is -3.85. The Balaban J connectivity index is 2.18. The van der Waals surface area contributed by atoms with Crippen molar-refractivity contribution in [3.8, 4) is 0 Å². The summed E-state index contributed by atoms with van der Waals surface area (Å²) in [4.78, 5) is 26.0. The standard InChI is InChI=1S/C10H15N5O6/c11-5(17)1-12-6-2-13-15(10(20)14-6)9-8(19)7(18)4(3-16)21-9/h2,4,7-9,16,18-19H,1,3H2,(H2,11,17)(H,12,14,20)/t4-,7-,8+,9+/m1/s1. The molecule has 11 heteroatoms. The number of ether oxygens (including phenoxy) is 1. The van der Waals surface area contributed by atoms with E-state index in [0.717, 1.165) is 10.9 Å². The average Bonchev–Trinajstić information content (AvgIpc) is 2.73. The number of anilines is 1. The number of carbonyl (C=O) groups is 1. The number of carbonyl (C=O) groups excluding carboxylic acids is 1. The Morgan fingerprint density at radius 1 is 1.48 bits per heavy atom. The lowest BCUT2D eigenvalue weighted by Gasteiger charge is -2.15. The molecular weight excluding hydrogens is 286 g/mol. The number of hydrogen-bond donors (Lipinski definition) is 5. The first-order valence-corrected chi connectivity index (χ1v) is 6.04. The fourth-order valence-corrected chi connectivity index (χ4v) is 1.87. The molecule has 1 aliphatic rings. The van der Waals surface area contributed by atoms with Crippen molar-refractivity contribution in [1.29, 1.82) is 0 Å². The molecule has 0 aliphatic carbocycles. The van der Waals surface area contributed by atoms with Crippen molar-refractivity contribution in [3.63, 3.8) is 0 Å². The summed E-state index contributed by atoms with van der Waals surface area (Å²) in [6, 6.07) is 0. The van der Waals surface area contributed by atoms with E-state index in [1.807, 2.05) is 0 Å². The largest absolute Gasteiger partial charge is 0.394 e. The second kappa shape index (κ2) is 6.13. The van der Waals surface area contributed by atoms with Gasteiger partial charge in [-0.25, -0.2) is 4.79 Å². The van der Waals surface area contributed by atoms with Gasteiger partial charge in [0.2, 0.25) is 5.91 Å². The molecule has 0 saturated carbocycles. The van der Waals surface area contributed by atoms with Gasteiger partial charge in [-0.3, -0.25) is 4.79 Å². The second-order valence-corrected chi connectivity index (χ2v) is 4.42. The first-order chi connectivity index (χ1) is 9.93. The van der Waals surface area contributed by atoms with Crippen molar-refractivity contribution in [1.82, 2.24) is 14.8 Å². The van der Waals surface area contributed by atoms with Crippen LogP contribution in [-0.2, 0) is 9.53 Å². The van der Waals surface area contributed by atoms with Crippen LogP contribution >= 0.6 is 0 Å². The van der Waals surface area contributed by atoms with Gasteiger partial charge < -0.3 is 31.1 Å². The number of aliphatic hydroxyl groups excluding tert-OH is 3. The topological polar surface area (TPSA) is 173 Å². The number of rotatable bonds is 5. The number of amides is 1. The Labute approximate surface area is 118 Å². The number of nitrogens with two attached hydrogens (primary N) is 1. The molecule has 1 aromatic rings. The van der Waals surface area contributed by atoms with Crippen molar-refractivity contribution in [2.24, 2.45) is 5.73 Å². The molecule has 1 aromatic heterocycles. The molecule has 6 N–H and O–H groups in total. The van der Waals surface area contributed by atoms with Gasteiger partial charge in [-0.15, -0.1) is 0 Å². The molecule has 0 unspecified atom stereocenters. The SMILES string of the molecule is NC(=O)CNc1cnn([C@H]2O[C@H](CO)[C@@H](O)[C@@H]2O)c(=O)n1. The molecule has 0 radical (unpaired) electrons. The van der Waals surface area contributed by atoms with Crippen molar-refractivity contribution < 1.29 is 24.9 Å². The van der Waals surface area contributed by atoms with Gasteiger partial charge in [0, 0.05) is 0 Å².